The number of alkyl halides is 3. The number of rotatable bonds is 6. The van der Waals surface area contributed by atoms with E-state index in [0.717, 1.165) is 17.9 Å². The largest absolute Gasteiger partial charge is 0.391 e. The lowest BCUT2D eigenvalue weighted by Gasteiger charge is -2.26. The third-order valence-corrected chi connectivity index (χ3v) is 4.48. The van der Waals surface area contributed by atoms with E-state index in [1.54, 1.807) is 0 Å². The van der Waals surface area contributed by atoms with Crippen LogP contribution in [0.2, 0.25) is 0 Å². The van der Waals surface area contributed by atoms with Crippen LogP contribution in [0, 0.1) is 5.92 Å². The average molecular weight is 270 g/mol. The van der Waals surface area contributed by atoms with Crippen LogP contribution in [-0.2, 0) is 0 Å². The van der Waals surface area contributed by atoms with E-state index in [4.69, 9.17) is 5.73 Å². The SMILES string of the molecule is CN(CCC(CCN)C(F)(F)F)C1CCSC1. The van der Waals surface area contributed by atoms with Crippen LogP contribution in [0.25, 0.3) is 0 Å². The third kappa shape index (κ3) is 5.06. The lowest BCUT2D eigenvalue weighted by atomic mass is 10.0. The molecule has 0 aliphatic carbocycles. The van der Waals surface area contributed by atoms with Crippen LogP contribution in [0.5, 0.6) is 0 Å². The van der Waals surface area contributed by atoms with E-state index in [0.29, 0.717) is 12.6 Å². The second-order valence-electron chi connectivity index (χ2n) is 4.60. The standard InChI is InChI=1S/C11H21F3N2S/c1-16(10-4-7-17-8-10)6-3-9(2-5-15)11(12,13)14/h9-10H,2-8,15H2,1H3. The summed E-state index contributed by atoms with van der Waals surface area (Å²) in [5.74, 6) is 0.925. The minimum atomic E-state index is -4.11. The van der Waals surface area contributed by atoms with Crippen LogP contribution in [-0.4, -0.2) is 48.8 Å². The van der Waals surface area contributed by atoms with E-state index in [1.165, 1.54) is 0 Å². The maximum atomic E-state index is 12.7. The van der Waals surface area contributed by atoms with Crippen molar-refractivity contribution in [3.63, 3.8) is 0 Å². The molecular formula is C11H21F3N2S. The summed E-state index contributed by atoms with van der Waals surface area (Å²) >= 11 is 1.88. The molecule has 1 saturated heterocycles. The van der Waals surface area contributed by atoms with E-state index >= 15 is 0 Å². The van der Waals surface area contributed by atoms with Crippen molar-refractivity contribution in [2.45, 2.75) is 31.5 Å². The first kappa shape index (κ1) is 15.1. The zero-order chi connectivity index (χ0) is 12.9. The molecule has 1 fully saturated rings. The maximum Gasteiger partial charge on any atom is 0.391 e. The summed E-state index contributed by atoms with van der Waals surface area (Å²) in [5, 5.41) is 0. The molecule has 0 amide bonds. The first-order chi connectivity index (χ1) is 7.95. The summed E-state index contributed by atoms with van der Waals surface area (Å²) in [4.78, 5) is 2.06. The van der Waals surface area contributed by atoms with E-state index < -0.39 is 12.1 Å². The van der Waals surface area contributed by atoms with Crippen molar-refractivity contribution >= 4 is 11.8 Å². The average Bonchev–Trinajstić information content (AvgIpc) is 2.75. The highest BCUT2D eigenvalue weighted by Gasteiger charge is 2.38. The molecule has 2 atom stereocenters. The van der Waals surface area contributed by atoms with Gasteiger partial charge in [-0.25, -0.2) is 0 Å². The molecule has 2 nitrogen and oxygen atoms in total. The monoisotopic (exact) mass is 270 g/mol. The van der Waals surface area contributed by atoms with Crippen molar-refractivity contribution in [1.29, 1.82) is 0 Å². The van der Waals surface area contributed by atoms with Crippen molar-refractivity contribution < 1.29 is 13.2 Å². The minimum Gasteiger partial charge on any atom is -0.330 e. The number of halogens is 3. The van der Waals surface area contributed by atoms with Crippen LogP contribution in [0.3, 0.4) is 0 Å². The van der Waals surface area contributed by atoms with Gasteiger partial charge < -0.3 is 10.6 Å². The van der Waals surface area contributed by atoms with Crippen molar-refractivity contribution in [2.75, 3.05) is 31.6 Å². The summed E-state index contributed by atoms with van der Waals surface area (Å²) < 4.78 is 38.0. The molecule has 1 rings (SSSR count). The van der Waals surface area contributed by atoms with Crippen molar-refractivity contribution in [1.82, 2.24) is 4.90 Å². The second-order valence-corrected chi connectivity index (χ2v) is 5.75. The quantitative estimate of drug-likeness (QED) is 0.803. The zero-order valence-electron chi connectivity index (χ0n) is 10.2. The molecular weight excluding hydrogens is 249 g/mol. The van der Waals surface area contributed by atoms with Gasteiger partial charge in [0.2, 0.25) is 0 Å². The molecule has 0 aromatic heterocycles. The van der Waals surface area contributed by atoms with Crippen LogP contribution < -0.4 is 5.73 Å². The fraction of sp³-hybridized carbons (Fsp3) is 1.00. The Labute approximate surface area is 105 Å². The molecule has 17 heavy (non-hydrogen) atoms. The highest BCUT2D eigenvalue weighted by atomic mass is 32.2. The molecule has 1 aliphatic heterocycles. The summed E-state index contributed by atoms with van der Waals surface area (Å²) in [6.07, 6.45) is -2.81. The Morgan fingerprint density at radius 1 is 1.41 bits per heavy atom. The molecule has 0 saturated carbocycles. The zero-order valence-corrected chi connectivity index (χ0v) is 11.0. The van der Waals surface area contributed by atoms with Gasteiger partial charge in [0.1, 0.15) is 0 Å². The molecule has 6 heteroatoms. The van der Waals surface area contributed by atoms with E-state index in [2.05, 4.69) is 4.90 Å². The number of hydrogen-bond acceptors (Lipinski definition) is 3. The Balaban J connectivity index is 2.35. The van der Waals surface area contributed by atoms with Gasteiger partial charge in [0.05, 0.1) is 5.92 Å². The number of nitrogens with two attached hydrogens (primary N) is 1. The fourth-order valence-corrected chi connectivity index (χ4v) is 3.38. The highest BCUT2D eigenvalue weighted by Crippen LogP contribution is 2.31. The molecule has 2 unspecified atom stereocenters. The summed E-state index contributed by atoms with van der Waals surface area (Å²) in [6, 6.07) is 0.451. The van der Waals surface area contributed by atoms with Crippen molar-refractivity contribution in [2.24, 2.45) is 11.7 Å². The van der Waals surface area contributed by atoms with Crippen LogP contribution in [0.1, 0.15) is 19.3 Å². The van der Waals surface area contributed by atoms with Gasteiger partial charge in [-0.15, -0.1) is 0 Å². The Morgan fingerprint density at radius 3 is 2.59 bits per heavy atom. The number of thioether (sulfide) groups is 1. The first-order valence-electron chi connectivity index (χ1n) is 6.00. The molecule has 102 valence electrons. The fourth-order valence-electron chi connectivity index (χ4n) is 2.08. The van der Waals surface area contributed by atoms with E-state index in [9.17, 15) is 13.2 Å². The second kappa shape index (κ2) is 6.85. The molecule has 0 radical (unpaired) electrons. The predicted molar refractivity (Wildman–Crippen MR) is 66.2 cm³/mol. The van der Waals surface area contributed by atoms with Crippen molar-refractivity contribution in [3.05, 3.63) is 0 Å². The minimum absolute atomic E-state index is 0.0384. The topological polar surface area (TPSA) is 29.3 Å². The van der Waals surface area contributed by atoms with Crippen molar-refractivity contribution in [3.8, 4) is 0 Å². The molecule has 2 N–H and O–H groups in total. The number of nitrogens with zero attached hydrogens (tertiary/aromatic N) is 1. The van der Waals surface area contributed by atoms with Gasteiger partial charge in [-0.1, -0.05) is 0 Å². The van der Waals surface area contributed by atoms with Crippen LogP contribution in [0.4, 0.5) is 13.2 Å². The molecule has 0 bridgehead atoms. The van der Waals surface area contributed by atoms with Gasteiger partial charge in [0.25, 0.3) is 0 Å². The predicted octanol–water partition coefficient (Wildman–Crippen LogP) is 2.34. The maximum absolute atomic E-state index is 12.7. The Bertz CT molecular complexity index is 217. The summed E-state index contributed by atoms with van der Waals surface area (Å²) in [5.41, 5.74) is 5.24. The molecule has 0 aromatic rings. The summed E-state index contributed by atoms with van der Waals surface area (Å²) in [7, 11) is 1.92. The molecule has 0 spiro atoms. The lowest BCUT2D eigenvalue weighted by molar-refractivity contribution is -0.178. The first-order valence-corrected chi connectivity index (χ1v) is 7.15. The third-order valence-electron chi connectivity index (χ3n) is 3.34. The Morgan fingerprint density at radius 2 is 2.12 bits per heavy atom. The Hall–Kier alpha value is 0.0600. The molecule has 0 aromatic carbocycles. The normalized spacial score (nSPS) is 23.3. The van der Waals surface area contributed by atoms with Gasteiger partial charge in [-0.05, 0) is 45.2 Å². The van der Waals surface area contributed by atoms with Crippen LogP contribution >= 0.6 is 11.8 Å². The summed E-state index contributed by atoms with van der Waals surface area (Å²) in [6.45, 7) is 0.614. The van der Waals surface area contributed by atoms with Gasteiger partial charge >= 0.3 is 6.18 Å². The van der Waals surface area contributed by atoms with Gasteiger partial charge in [-0.2, -0.15) is 24.9 Å². The molecule has 1 aliphatic rings. The lowest BCUT2D eigenvalue weighted by Crippen LogP contribution is -2.35. The Kier molecular flexibility index (Phi) is 6.09. The highest BCUT2D eigenvalue weighted by molar-refractivity contribution is 7.99. The van der Waals surface area contributed by atoms with Gasteiger partial charge in [-0.3, -0.25) is 0 Å². The van der Waals surface area contributed by atoms with Crippen LogP contribution in [0.15, 0.2) is 0 Å². The molecule has 1 heterocycles. The van der Waals surface area contributed by atoms with E-state index in [-0.39, 0.29) is 19.4 Å². The van der Waals surface area contributed by atoms with Gasteiger partial charge in [0, 0.05) is 11.8 Å². The smallest absolute Gasteiger partial charge is 0.330 e. The van der Waals surface area contributed by atoms with E-state index in [1.807, 2.05) is 18.8 Å². The number of hydrogen-bond donors (Lipinski definition) is 1. The van der Waals surface area contributed by atoms with Gasteiger partial charge in [0.15, 0.2) is 0 Å².